The summed E-state index contributed by atoms with van der Waals surface area (Å²) in [4.78, 5) is 14.2. The van der Waals surface area contributed by atoms with Gasteiger partial charge in [0.15, 0.2) is 0 Å². The third-order valence-electron chi connectivity index (χ3n) is 4.05. The van der Waals surface area contributed by atoms with Crippen LogP contribution in [0.2, 0.25) is 0 Å². The van der Waals surface area contributed by atoms with Crippen LogP contribution in [0, 0.1) is 0 Å². The Labute approximate surface area is 126 Å². The number of primary amides is 1. The fourth-order valence-corrected chi connectivity index (χ4v) is 2.95. The molecule has 1 amide bonds. The highest BCUT2D eigenvalue weighted by Gasteiger charge is 2.35. The van der Waals surface area contributed by atoms with Crippen LogP contribution >= 0.6 is 0 Å². The van der Waals surface area contributed by atoms with Gasteiger partial charge in [0.05, 0.1) is 12.2 Å². The topological polar surface area (TPSA) is 81.6 Å². The first-order valence-electron chi connectivity index (χ1n) is 7.44. The number of rotatable bonds is 5. The van der Waals surface area contributed by atoms with Crippen LogP contribution in [0.3, 0.4) is 0 Å². The molecule has 1 fully saturated rings. The van der Waals surface area contributed by atoms with Crippen molar-refractivity contribution in [1.82, 2.24) is 4.90 Å². The Morgan fingerprint density at radius 3 is 2.38 bits per heavy atom. The molecule has 0 bridgehead atoms. The molecule has 2 rings (SSSR count). The molecule has 3 atom stereocenters. The van der Waals surface area contributed by atoms with Crippen LogP contribution in [0.15, 0.2) is 30.3 Å². The van der Waals surface area contributed by atoms with Crippen molar-refractivity contribution in [2.24, 2.45) is 11.5 Å². The van der Waals surface area contributed by atoms with E-state index in [1.807, 2.05) is 30.3 Å². The number of ether oxygens (including phenoxy) is 1. The predicted octanol–water partition coefficient (Wildman–Crippen LogP) is 0.825. The van der Waals surface area contributed by atoms with Crippen molar-refractivity contribution in [3.05, 3.63) is 35.9 Å². The van der Waals surface area contributed by atoms with E-state index in [2.05, 4.69) is 18.7 Å². The summed E-state index contributed by atoms with van der Waals surface area (Å²) in [6, 6.07) is 9.36. The summed E-state index contributed by atoms with van der Waals surface area (Å²) in [5.41, 5.74) is 11.5. The van der Waals surface area contributed by atoms with E-state index in [1.54, 1.807) is 0 Å². The normalized spacial score (nSPS) is 26.2. The zero-order valence-electron chi connectivity index (χ0n) is 12.8. The van der Waals surface area contributed by atoms with Crippen LogP contribution in [0.5, 0.6) is 0 Å². The summed E-state index contributed by atoms with van der Waals surface area (Å²) in [6.07, 6.45) is 0.906. The zero-order chi connectivity index (χ0) is 15.5. The van der Waals surface area contributed by atoms with Crippen molar-refractivity contribution < 1.29 is 9.53 Å². The van der Waals surface area contributed by atoms with E-state index in [1.165, 1.54) is 0 Å². The minimum absolute atomic E-state index is 0.200. The van der Waals surface area contributed by atoms with Crippen molar-refractivity contribution in [3.8, 4) is 0 Å². The molecule has 1 aromatic carbocycles. The lowest BCUT2D eigenvalue weighted by Crippen LogP contribution is -2.53. The number of nitrogens with zero attached hydrogens (tertiary/aromatic N) is 1. The Balaban J connectivity index is 2.06. The molecule has 5 heteroatoms. The van der Waals surface area contributed by atoms with Gasteiger partial charge in [-0.1, -0.05) is 30.3 Å². The Hall–Kier alpha value is -1.43. The average Bonchev–Trinajstić information content (AvgIpc) is 2.44. The summed E-state index contributed by atoms with van der Waals surface area (Å²) >= 11 is 0. The minimum atomic E-state index is -1.12. The van der Waals surface area contributed by atoms with E-state index in [4.69, 9.17) is 16.2 Å². The van der Waals surface area contributed by atoms with Crippen molar-refractivity contribution in [2.75, 3.05) is 19.6 Å². The molecule has 21 heavy (non-hydrogen) atoms. The summed E-state index contributed by atoms with van der Waals surface area (Å²) in [7, 11) is 0. The molecule has 5 nitrogen and oxygen atoms in total. The Morgan fingerprint density at radius 2 is 1.86 bits per heavy atom. The first-order valence-corrected chi connectivity index (χ1v) is 7.44. The SMILES string of the molecule is CC1CN(CCC(N)(C(N)=O)c2ccccc2)CC(C)O1. The molecule has 0 aromatic heterocycles. The molecule has 4 N–H and O–H groups in total. The van der Waals surface area contributed by atoms with Gasteiger partial charge in [0.25, 0.3) is 0 Å². The monoisotopic (exact) mass is 291 g/mol. The molecule has 0 saturated carbocycles. The molecule has 1 heterocycles. The molecular weight excluding hydrogens is 266 g/mol. The third kappa shape index (κ3) is 3.81. The number of nitrogens with two attached hydrogens (primary N) is 2. The van der Waals surface area contributed by atoms with Gasteiger partial charge in [0.1, 0.15) is 5.54 Å². The van der Waals surface area contributed by atoms with Gasteiger partial charge >= 0.3 is 0 Å². The molecule has 0 spiro atoms. The highest BCUT2D eigenvalue weighted by Crippen LogP contribution is 2.23. The second-order valence-electron chi connectivity index (χ2n) is 5.97. The van der Waals surface area contributed by atoms with Crippen molar-refractivity contribution in [3.63, 3.8) is 0 Å². The van der Waals surface area contributed by atoms with Crippen molar-refractivity contribution >= 4 is 5.91 Å². The summed E-state index contributed by atoms with van der Waals surface area (Å²) < 4.78 is 5.72. The molecule has 1 aliphatic rings. The molecule has 1 aromatic rings. The summed E-state index contributed by atoms with van der Waals surface area (Å²) in [6.45, 7) is 6.56. The lowest BCUT2D eigenvalue weighted by molar-refractivity contribution is -0.124. The van der Waals surface area contributed by atoms with Crippen LogP contribution in [0.1, 0.15) is 25.8 Å². The van der Waals surface area contributed by atoms with E-state index in [-0.39, 0.29) is 12.2 Å². The number of morpholine rings is 1. The van der Waals surface area contributed by atoms with Gasteiger partial charge in [-0.15, -0.1) is 0 Å². The molecule has 0 aliphatic carbocycles. The van der Waals surface area contributed by atoms with Gasteiger partial charge in [0, 0.05) is 19.6 Å². The van der Waals surface area contributed by atoms with Crippen LogP contribution < -0.4 is 11.5 Å². The summed E-state index contributed by atoms with van der Waals surface area (Å²) in [5, 5.41) is 0. The number of hydrogen-bond donors (Lipinski definition) is 2. The first-order chi connectivity index (χ1) is 9.91. The highest BCUT2D eigenvalue weighted by atomic mass is 16.5. The summed E-state index contributed by atoms with van der Waals surface area (Å²) in [5.74, 6) is -0.483. The van der Waals surface area contributed by atoms with E-state index < -0.39 is 11.4 Å². The molecule has 116 valence electrons. The molecule has 1 saturated heterocycles. The molecule has 1 aliphatic heterocycles. The maximum absolute atomic E-state index is 11.9. The van der Waals surface area contributed by atoms with Gasteiger partial charge in [0.2, 0.25) is 5.91 Å². The van der Waals surface area contributed by atoms with Crippen molar-refractivity contribution in [1.29, 1.82) is 0 Å². The van der Waals surface area contributed by atoms with Crippen molar-refractivity contribution in [2.45, 2.75) is 38.0 Å². The standard InChI is InChI=1S/C16H25N3O2/c1-12-10-19(11-13(2)21-12)9-8-16(18,15(17)20)14-6-4-3-5-7-14/h3-7,12-13H,8-11,18H2,1-2H3,(H2,17,20). The maximum atomic E-state index is 11.9. The molecule has 3 unspecified atom stereocenters. The number of carbonyl (C=O) groups is 1. The second kappa shape index (κ2) is 6.56. The van der Waals surface area contributed by atoms with E-state index >= 15 is 0 Å². The molecule has 0 radical (unpaired) electrons. The maximum Gasteiger partial charge on any atom is 0.242 e. The Bertz CT molecular complexity index is 470. The number of amides is 1. The van der Waals surface area contributed by atoms with Gasteiger partial charge in [-0.05, 0) is 25.8 Å². The lowest BCUT2D eigenvalue weighted by Gasteiger charge is -2.37. The average molecular weight is 291 g/mol. The predicted molar refractivity (Wildman–Crippen MR) is 82.6 cm³/mol. The van der Waals surface area contributed by atoms with Gasteiger partial charge in [-0.3, -0.25) is 9.69 Å². The number of carbonyl (C=O) groups excluding carboxylic acids is 1. The Kier molecular flexibility index (Phi) is 4.98. The lowest BCUT2D eigenvalue weighted by atomic mass is 9.86. The van der Waals surface area contributed by atoms with Gasteiger partial charge in [-0.2, -0.15) is 0 Å². The smallest absolute Gasteiger partial charge is 0.242 e. The first kappa shape index (κ1) is 15.9. The third-order valence-corrected chi connectivity index (χ3v) is 4.05. The van der Waals surface area contributed by atoms with E-state index in [9.17, 15) is 4.79 Å². The largest absolute Gasteiger partial charge is 0.373 e. The van der Waals surface area contributed by atoms with Crippen LogP contribution in [-0.2, 0) is 15.1 Å². The number of benzene rings is 1. The van der Waals surface area contributed by atoms with Crippen LogP contribution in [0.25, 0.3) is 0 Å². The van der Waals surface area contributed by atoms with Gasteiger partial charge < -0.3 is 16.2 Å². The fraction of sp³-hybridized carbons (Fsp3) is 0.562. The van der Waals surface area contributed by atoms with Crippen LogP contribution in [0.4, 0.5) is 0 Å². The zero-order valence-corrected chi connectivity index (χ0v) is 12.8. The van der Waals surface area contributed by atoms with E-state index in [0.717, 1.165) is 25.2 Å². The van der Waals surface area contributed by atoms with E-state index in [0.29, 0.717) is 6.42 Å². The second-order valence-corrected chi connectivity index (χ2v) is 5.97. The van der Waals surface area contributed by atoms with Gasteiger partial charge in [-0.25, -0.2) is 0 Å². The fourth-order valence-electron chi connectivity index (χ4n) is 2.95. The minimum Gasteiger partial charge on any atom is -0.373 e. The number of hydrogen-bond acceptors (Lipinski definition) is 4. The Morgan fingerprint density at radius 1 is 1.29 bits per heavy atom. The highest BCUT2D eigenvalue weighted by molar-refractivity contribution is 5.85. The quantitative estimate of drug-likeness (QED) is 0.842. The molecular formula is C16H25N3O2. The van der Waals surface area contributed by atoms with Crippen LogP contribution in [-0.4, -0.2) is 42.6 Å².